The van der Waals surface area contributed by atoms with Crippen LogP contribution in [0.1, 0.15) is 19.4 Å². The average molecular weight is 249 g/mol. The van der Waals surface area contributed by atoms with Crippen molar-refractivity contribution in [2.75, 3.05) is 0 Å². The minimum absolute atomic E-state index is 1.19. The third-order valence-electron chi connectivity index (χ3n) is 3.03. The van der Waals surface area contributed by atoms with Gasteiger partial charge >= 0.3 is 0 Å². The van der Waals surface area contributed by atoms with E-state index in [0.29, 0.717) is 0 Å². The van der Waals surface area contributed by atoms with Gasteiger partial charge in [0.2, 0.25) is 0 Å². The number of aryl methyl sites for hydroxylation is 1. The summed E-state index contributed by atoms with van der Waals surface area (Å²) in [5, 5.41) is 2.44. The Hall–Kier alpha value is -2.15. The molecular formula is C18H19N. The highest BCUT2D eigenvalue weighted by atomic mass is 14.6. The largest absolute Gasteiger partial charge is 0.263 e. The van der Waals surface area contributed by atoms with Crippen LogP contribution in [0.5, 0.6) is 0 Å². The van der Waals surface area contributed by atoms with Crippen molar-refractivity contribution in [1.29, 1.82) is 0 Å². The van der Waals surface area contributed by atoms with E-state index in [1.54, 1.807) is 0 Å². The van der Waals surface area contributed by atoms with Gasteiger partial charge in [0.25, 0.3) is 0 Å². The van der Waals surface area contributed by atoms with Crippen LogP contribution in [-0.2, 0) is 0 Å². The maximum Gasteiger partial charge on any atom is 0.0352 e. The summed E-state index contributed by atoms with van der Waals surface area (Å²) in [5.41, 5.74) is 3.70. The van der Waals surface area contributed by atoms with Crippen LogP contribution >= 0.6 is 0 Å². The first-order chi connectivity index (χ1) is 9.34. The SMILES string of the molecule is CC.Cc1ccc(-c2cncc3ccccc23)cc1. The van der Waals surface area contributed by atoms with Gasteiger partial charge in [-0.1, -0.05) is 67.9 Å². The molecule has 0 unspecified atom stereocenters. The Balaban J connectivity index is 0.000000637. The normalized spacial score (nSPS) is 9.84. The van der Waals surface area contributed by atoms with Gasteiger partial charge in [0.1, 0.15) is 0 Å². The molecule has 0 bridgehead atoms. The van der Waals surface area contributed by atoms with E-state index in [2.05, 4.69) is 54.4 Å². The first-order valence-electron chi connectivity index (χ1n) is 6.74. The second-order valence-electron chi connectivity index (χ2n) is 4.27. The number of rotatable bonds is 1. The van der Waals surface area contributed by atoms with Crippen LogP contribution < -0.4 is 0 Å². The molecule has 3 rings (SSSR count). The monoisotopic (exact) mass is 249 g/mol. The number of hydrogen-bond donors (Lipinski definition) is 0. The average Bonchev–Trinajstić information content (AvgIpc) is 2.50. The van der Waals surface area contributed by atoms with Crippen molar-refractivity contribution < 1.29 is 0 Å². The summed E-state index contributed by atoms with van der Waals surface area (Å²) in [5.74, 6) is 0. The third-order valence-corrected chi connectivity index (χ3v) is 3.03. The van der Waals surface area contributed by atoms with Gasteiger partial charge in [0, 0.05) is 23.3 Å². The van der Waals surface area contributed by atoms with Crippen LogP contribution in [0.3, 0.4) is 0 Å². The molecule has 0 aliphatic rings. The molecule has 0 aliphatic carbocycles. The van der Waals surface area contributed by atoms with Gasteiger partial charge in [0.05, 0.1) is 0 Å². The number of hydrogen-bond acceptors (Lipinski definition) is 1. The topological polar surface area (TPSA) is 12.9 Å². The summed E-state index contributed by atoms with van der Waals surface area (Å²) in [6, 6.07) is 16.9. The summed E-state index contributed by atoms with van der Waals surface area (Å²) in [7, 11) is 0. The summed E-state index contributed by atoms with van der Waals surface area (Å²) >= 11 is 0. The summed E-state index contributed by atoms with van der Waals surface area (Å²) in [4.78, 5) is 4.31. The molecule has 1 heteroatoms. The second-order valence-corrected chi connectivity index (χ2v) is 4.27. The van der Waals surface area contributed by atoms with E-state index in [9.17, 15) is 0 Å². The molecule has 0 saturated heterocycles. The Kier molecular flexibility index (Phi) is 4.30. The van der Waals surface area contributed by atoms with Crippen LogP contribution in [0.25, 0.3) is 21.9 Å². The Morgan fingerprint density at radius 1 is 0.789 bits per heavy atom. The molecule has 0 radical (unpaired) electrons. The maximum absolute atomic E-state index is 4.31. The van der Waals surface area contributed by atoms with Crippen molar-refractivity contribution in [1.82, 2.24) is 4.98 Å². The van der Waals surface area contributed by atoms with Crippen LogP contribution in [0.4, 0.5) is 0 Å². The second kappa shape index (κ2) is 6.14. The van der Waals surface area contributed by atoms with E-state index in [0.717, 1.165) is 0 Å². The lowest BCUT2D eigenvalue weighted by Crippen LogP contribution is -1.83. The van der Waals surface area contributed by atoms with E-state index in [-0.39, 0.29) is 0 Å². The van der Waals surface area contributed by atoms with Gasteiger partial charge in [-0.05, 0) is 17.9 Å². The molecule has 1 aromatic heterocycles. The highest BCUT2D eigenvalue weighted by Crippen LogP contribution is 2.27. The van der Waals surface area contributed by atoms with Gasteiger partial charge in [0.15, 0.2) is 0 Å². The predicted molar refractivity (Wildman–Crippen MR) is 83.3 cm³/mol. The molecule has 1 heterocycles. The molecule has 96 valence electrons. The fourth-order valence-electron chi connectivity index (χ4n) is 2.08. The van der Waals surface area contributed by atoms with Crippen molar-refractivity contribution >= 4 is 10.8 Å². The molecule has 2 aromatic carbocycles. The fourth-order valence-corrected chi connectivity index (χ4v) is 2.08. The van der Waals surface area contributed by atoms with Gasteiger partial charge in [-0.3, -0.25) is 4.98 Å². The van der Waals surface area contributed by atoms with E-state index in [4.69, 9.17) is 0 Å². The van der Waals surface area contributed by atoms with Crippen LogP contribution in [-0.4, -0.2) is 4.98 Å². The zero-order chi connectivity index (χ0) is 13.7. The highest BCUT2D eigenvalue weighted by molar-refractivity contribution is 5.95. The Morgan fingerprint density at radius 2 is 1.47 bits per heavy atom. The minimum atomic E-state index is 1.19. The van der Waals surface area contributed by atoms with Crippen molar-refractivity contribution in [2.45, 2.75) is 20.8 Å². The van der Waals surface area contributed by atoms with Gasteiger partial charge in [-0.25, -0.2) is 0 Å². The number of benzene rings is 2. The Bertz CT molecular complexity index is 649. The molecule has 0 aliphatic heterocycles. The number of pyridine rings is 1. The molecule has 1 nitrogen and oxygen atoms in total. The van der Waals surface area contributed by atoms with Crippen LogP contribution in [0, 0.1) is 6.92 Å². The van der Waals surface area contributed by atoms with Crippen molar-refractivity contribution in [3.63, 3.8) is 0 Å². The zero-order valence-electron chi connectivity index (χ0n) is 11.7. The lowest BCUT2D eigenvalue weighted by molar-refractivity contribution is 1.36. The summed E-state index contributed by atoms with van der Waals surface area (Å²) in [6.45, 7) is 6.10. The van der Waals surface area contributed by atoms with Crippen LogP contribution in [0.15, 0.2) is 60.9 Å². The van der Waals surface area contributed by atoms with Crippen molar-refractivity contribution in [3.8, 4) is 11.1 Å². The molecule has 0 fully saturated rings. The van der Waals surface area contributed by atoms with Gasteiger partial charge < -0.3 is 0 Å². The van der Waals surface area contributed by atoms with E-state index < -0.39 is 0 Å². The maximum atomic E-state index is 4.31. The van der Waals surface area contributed by atoms with E-state index >= 15 is 0 Å². The summed E-state index contributed by atoms with van der Waals surface area (Å²) in [6.07, 6.45) is 3.85. The highest BCUT2D eigenvalue weighted by Gasteiger charge is 2.03. The number of fused-ring (bicyclic) bond motifs is 1. The smallest absolute Gasteiger partial charge is 0.0352 e. The van der Waals surface area contributed by atoms with Crippen LogP contribution in [0.2, 0.25) is 0 Å². The number of aromatic nitrogens is 1. The molecular weight excluding hydrogens is 230 g/mol. The third kappa shape index (κ3) is 2.82. The molecule has 19 heavy (non-hydrogen) atoms. The molecule has 0 saturated carbocycles. The van der Waals surface area contributed by atoms with Gasteiger partial charge in [-0.15, -0.1) is 0 Å². The minimum Gasteiger partial charge on any atom is -0.263 e. The number of nitrogens with zero attached hydrogens (tertiary/aromatic N) is 1. The quantitative estimate of drug-likeness (QED) is 0.575. The standard InChI is InChI=1S/C16H13N.C2H6/c1-12-6-8-13(9-7-12)16-11-17-10-14-4-2-3-5-15(14)16;1-2/h2-11H,1H3;1-2H3. The molecule has 0 amide bonds. The summed E-state index contributed by atoms with van der Waals surface area (Å²) < 4.78 is 0. The first-order valence-corrected chi connectivity index (χ1v) is 6.74. The zero-order valence-corrected chi connectivity index (χ0v) is 11.7. The Morgan fingerprint density at radius 3 is 2.21 bits per heavy atom. The Labute approximate surface area is 114 Å². The molecule has 0 N–H and O–H groups in total. The first kappa shape index (κ1) is 13.3. The lowest BCUT2D eigenvalue weighted by Gasteiger charge is -2.06. The van der Waals surface area contributed by atoms with Crippen molar-refractivity contribution in [3.05, 3.63) is 66.5 Å². The molecule has 0 spiro atoms. The lowest BCUT2D eigenvalue weighted by atomic mass is 10.0. The van der Waals surface area contributed by atoms with Gasteiger partial charge in [-0.2, -0.15) is 0 Å². The fraction of sp³-hybridized carbons (Fsp3) is 0.167. The van der Waals surface area contributed by atoms with Crippen molar-refractivity contribution in [2.24, 2.45) is 0 Å². The van der Waals surface area contributed by atoms with E-state index in [1.807, 2.05) is 32.3 Å². The predicted octanol–water partition coefficient (Wildman–Crippen LogP) is 5.24. The molecule has 0 atom stereocenters. The molecule has 3 aromatic rings. The van der Waals surface area contributed by atoms with E-state index in [1.165, 1.54) is 27.5 Å².